The summed E-state index contributed by atoms with van der Waals surface area (Å²) < 4.78 is 6.01. The number of aryl methyl sites for hydroxylation is 2. The van der Waals surface area contributed by atoms with Gasteiger partial charge in [-0.15, -0.1) is 11.3 Å². The lowest BCUT2D eigenvalue weighted by Gasteiger charge is -2.41. The molecule has 0 saturated carbocycles. The lowest BCUT2D eigenvalue weighted by molar-refractivity contribution is -0.134. The fraction of sp³-hybridized carbons (Fsp3) is 0.500. The van der Waals surface area contributed by atoms with E-state index in [0.717, 1.165) is 36.8 Å². The summed E-state index contributed by atoms with van der Waals surface area (Å²) in [4.78, 5) is 6.88. The molecular formula is C18H24N2O2S. The molecule has 2 heterocycles. The molecule has 0 bridgehead atoms. The first-order valence-corrected chi connectivity index (χ1v) is 8.90. The maximum Gasteiger partial charge on any atom is 0.108 e. The lowest BCUT2D eigenvalue weighted by Crippen LogP contribution is -2.55. The van der Waals surface area contributed by atoms with Gasteiger partial charge in [0.1, 0.15) is 5.60 Å². The van der Waals surface area contributed by atoms with Crippen molar-refractivity contribution in [1.82, 2.24) is 9.88 Å². The number of hydrogen-bond acceptors (Lipinski definition) is 5. The van der Waals surface area contributed by atoms with Gasteiger partial charge >= 0.3 is 0 Å². The highest BCUT2D eigenvalue weighted by Crippen LogP contribution is 2.24. The number of nitrogens with zero attached hydrogens (tertiary/aromatic N) is 2. The normalized spacial score (nSPS) is 22.4. The van der Waals surface area contributed by atoms with Crippen molar-refractivity contribution < 1.29 is 9.84 Å². The zero-order valence-corrected chi connectivity index (χ0v) is 14.6. The van der Waals surface area contributed by atoms with E-state index in [0.29, 0.717) is 6.61 Å². The molecule has 1 N–H and O–H groups in total. The molecule has 4 nitrogen and oxygen atoms in total. The van der Waals surface area contributed by atoms with Crippen molar-refractivity contribution in [2.75, 3.05) is 26.3 Å². The van der Waals surface area contributed by atoms with Crippen LogP contribution in [0.4, 0.5) is 0 Å². The van der Waals surface area contributed by atoms with Crippen LogP contribution in [0, 0.1) is 13.8 Å². The van der Waals surface area contributed by atoms with E-state index in [1.54, 1.807) is 11.3 Å². The molecular weight excluding hydrogens is 308 g/mol. The van der Waals surface area contributed by atoms with Gasteiger partial charge in [0.05, 0.1) is 23.9 Å². The maximum atomic E-state index is 9.98. The molecule has 0 amide bonds. The van der Waals surface area contributed by atoms with Crippen molar-refractivity contribution in [3.63, 3.8) is 0 Å². The third-order valence-corrected chi connectivity index (χ3v) is 5.14. The van der Waals surface area contributed by atoms with Gasteiger partial charge in [0.2, 0.25) is 0 Å². The molecule has 1 unspecified atom stereocenters. The number of benzene rings is 1. The second-order valence-corrected chi connectivity index (χ2v) is 7.48. The lowest BCUT2D eigenvalue weighted by atomic mass is 9.92. The molecule has 3 rings (SSSR count). The van der Waals surface area contributed by atoms with Gasteiger partial charge in [-0.1, -0.05) is 29.8 Å². The SMILES string of the molecule is Cc1ccc(CC2(CO)CN(Cc3csc(C)n3)CCO2)cc1. The van der Waals surface area contributed by atoms with Crippen LogP contribution in [-0.4, -0.2) is 46.9 Å². The number of morpholine rings is 1. The summed E-state index contributed by atoms with van der Waals surface area (Å²) in [6.45, 7) is 7.23. The molecule has 1 aliphatic heterocycles. The van der Waals surface area contributed by atoms with E-state index in [2.05, 4.69) is 46.5 Å². The van der Waals surface area contributed by atoms with Crippen LogP contribution in [0.15, 0.2) is 29.6 Å². The van der Waals surface area contributed by atoms with E-state index in [1.807, 2.05) is 6.92 Å². The summed E-state index contributed by atoms with van der Waals surface area (Å²) in [7, 11) is 0. The summed E-state index contributed by atoms with van der Waals surface area (Å²) in [6.07, 6.45) is 0.733. The van der Waals surface area contributed by atoms with Crippen LogP contribution in [0.2, 0.25) is 0 Å². The number of hydrogen-bond donors (Lipinski definition) is 1. The van der Waals surface area contributed by atoms with Gasteiger partial charge in [-0.25, -0.2) is 4.98 Å². The molecule has 1 atom stereocenters. The highest BCUT2D eigenvalue weighted by atomic mass is 32.1. The molecule has 0 aliphatic carbocycles. The topological polar surface area (TPSA) is 45.6 Å². The van der Waals surface area contributed by atoms with E-state index in [-0.39, 0.29) is 6.61 Å². The van der Waals surface area contributed by atoms with Gasteiger partial charge in [-0.2, -0.15) is 0 Å². The minimum absolute atomic E-state index is 0.0352. The average Bonchev–Trinajstić information content (AvgIpc) is 2.95. The van der Waals surface area contributed by atoms with Gasteiger partial charge in [-0.3, -0.25) is 4.90 Å². The molecule has 2 aromatic rings. The Balaban J connectivity index is 1.69. The fourth-order valence-corrected chi connectivity index (χ4v) is 3.71. The molecule has 0 radical (unpaired) electrons. The highest BCUT2D eigenvalue weighted by molar-refractivity contribution is 7.09. The summed E-state index contributed by atoms with van der Waals surface area (Å²) in [6, 6.07) is 8.47. The largest absolute Gasteiger partial charge is 0.393 e. The molecule has 1 fully saturated rings. The van der Waals surface area contributed by atoms with E-state index in [9.17, 15) is 5.11 Å². The van der Waals surface area contributed by atoms with Gasteiger partial charge in [0.15, 0.2) is 0 Å². The van der Waals surface area contributed by atoms with Gasteiger partial charge in [0.25, 0.3) is 0 Å². The van der Waals surface area contributed by atoms with Crippen molar-refractivity contribution >= 4 is 11.3 Å². The molecule has 1 aromatic carbocycles. The first kappa shape index (κ1) is 16.6. The first-order valence-electron chi connectivity index (χ1n) is 8.02. The van der Waals surface area contributed by atoms with Crippen LogP contribution in [0.25, 0.3) is 0 Å². The number of aliphatic hydroxyl groups excluding tert-OH is 1. The number of ether oxygens (including phenoxy) is 1. The number of thiazole rings is 1. The van der Waals surface area contributed by atoms with Crippen molar-refractivity contribution in [2.24, 2.45) is 0 Å². The Bertz CT molecular complexity index is 641. The number of aromatic nitrogens is 1. The van der Waals surface area contributed by atoms with E-state index in [4.69, 9.17) is 4.74 Å². The van der Waals surface area contributed by atoms with Crippen LogP contribution in [0.5, 0.6) is 0 Å². The second-order valence-electron chi connectivity index (χ2n) is 6.42. The third kappa shape index (κ3) is 4.18. The highest BCUT2D eigenvalue weighted by Gasteiger charge is 2.36. The van der Waals surface area contributed by atoms with E-state index >= 15 is 0 Å². The predicted molar refractivity (Wildman–Crippen MR) is 92.8 cm³/mol. The molecule has 1 aliphatic rings. The first-order chi connectivity index (χ1) is 11.1. The van der Waals surface area contributed by atoms with Crippen LogP contribution < -0.4 is 0 Å². The second kappa shape index (κ2) is 7.09. The molecule has 1 aromatic heterocycles. The van der Waals surface area contributed by atoms with Gasteiger partial charge in [0, 0.05) is 31.4 Å². The van der Waals surface area contributed by atoms with Crippen molar-refractivity contribution in [2.45, 2.75) is 32.4 Å². The third-order valence-electron chi connectivity index (χ3n) is 4.31. The fourth-order valence-electron chi connectivity index (χ4n) is 3.10. The molecule has 5 heteroatoms. The summed E-state index contributed by atoms with van der Waals surface area (Å²) >= 11 is 1.68. The Hall–Kier alpha value is -1.27. The van der Waals surface area contributed by atoms with Crippen molar-refractivity contribution in [1.29, 1.82) is 0 Å². The molecule has 124 valence electrons. The Morgan fingerprint density at radius 2 is 2.09 bits per heavy atom. The monoisotopic (exact) mass is 332 g/mol. The van der Waals surface area contributed by atoms with Crippen LogP contribution in [0.3, 0.4) is 0 Å². The Morgan fingerprint density at radius 3 is 2.74 bits per heavy atom. The Labute approximate surface area is 141 Å². The van der Waals surface area contributed by atoms with Gasteiger partial charge in [-0.05, 0) is 19.4 Å². The maximum absolute atomic E-state index is 9.98. The Morgan fingerprint density at radius 1 is 1.30 bits per heavy atom. The zero-order valence-electron chi connectivity index (χ0n) is 13.8. The van der Waals surface area contributed by atoms with Gasteiger partial charge < -0.3 is 9.84 Å². The minimum Gasteiger partial charge on any atom is -0.393 e. The smallest absolute Gasteiger partial charge is 0.108 e. The number of aliphatic hydroxyl groups is 1. The minimum atomic E-state index is -0.515. The van der Waals surface area contributed by atoms with Crippen molar-refractivity contribution in [3.05, 3.63) is 51.5 Å². The summed E-state index contributed by atoms with van der Waals surface area (Å²) in [5, 5.41) is 13.2. The predicted octanol–water partition coefficient (Wildman–Crippen LogP) is 2.57. The zero-order chi connectivity index (χ0) is 16.3. The Kier molecular flexibility index (Phi) is 5.11. The van der Waals surface area contributed by atoms with Crippen LogP contribution in [0.1, 0.15) is 21.8 Å². The van der Waals surface area contributed by atoms with E-state index in [1.165, 1.54) is 11.1 Å². The summed E-state index contributed by atoms with van der Waals surface area (Å²) in [5.74, 6) is 0. The van der Waals surface area contributed by atoms with Crippen LogP contribution in [-0.2, 0) is 17.7 Å². The average molecular weight is 332 g/mol. The molecule has 1 saturated heterocycles. The quantitative estimate of drug-likeness (QED) is 0.914. The molecule has 0 spiro atoms. The van der Waals surface area contributed by atoms with E-state index < -0.39 is 5.60 Å². The summed E-state index contributed by atoms with van der Waals surface area (Å²) in [5.41, 5.74) is 3.04. The number of rotatable bonds is 5. The van der Waals surface area contributed by atoms with Crippen LogP contribution >= 0.6 is 11.3 Å². The standard InChI is InChI=1S/C18H24N2O2S/c1-14-3-5-16(6-4-14)9-18(13-21)12-20(7-8-22-18)10-17-11-23-15(2)19-17/h3-6,11,21H,7-10,12-13H2,1-2H3. The van der Waals surface area contributed by atoms with Crippen molar-refractivity contribution in [3.8, 4) is 0 Å². The molecule has 23 heavy (non-hydrogen) atoms.